The molecule has 2 N–H and O–H groups in total. The number of nitrogens with one attached hydrogen (secondary N) is 2. The maximum absolute atomic E-state index is 12.0. The van der Waals surface area contributed by atoms with Crippen LogP contribution in [0.25, 0.3) is 0 Å². The van der Waals surface area contributed by atoms with Crippen LogP contribution in [-0.2, 0) is 11.3 Å². The minimum absolute atomic E-state index is 0.117. The molecule has 1 atom stereocenters. The molecule has 0 spiro atoms. The monoisotopic (exact) mass is 354 g/mol. The molecule has 2 aromatic rings. The van der Waals surface area contributed by atoms with Gasteiger partial charge >= 0.3 is 0 Å². The fraction of sp³-hybridized carbons (Fsp3) is 0.267. The van der Waals surface area contributed by atoms with Crippen molar-refractivity contribution in [1.82, 2.24) is 20.4 Å². The normalized spacial score (nSPS) is 11.8. The van der Waals surface area contributed by atoms with Gasteiger partial charge in [0.15, 0.2) is 0 Å². The first kappa shape index (κ1) is 17.3. The molecule has 0 bridgehead atoms. The Balaban J connectivity index is 1.81. The predicted molar refractivity (Wildman–Crippen MR) is 88.6 cm³/mol. The molecule has 2 amide bonds. The highest BCUT2D eigenvalue weighted by Gasteiger charge is 2.13. The third kappa shape index (κ3) is 5.26. The summed E-state index contributed by atoms with van der Waals surface area (Å²) in [6.45, 7) is 2.26. The lowest BCUT2D eigenvalue weighted by Gasteiger charge is -2.14. The summed E-state index contributed by atoms with van der Waals surface area (Å²) in [7, 11) is 0. The Bertz CT molecular complexity index is 689. The lowest BCUT2D eigenvalue weighted by atomic mass is 10.2. The summed E-state index contributed by atoms with van der Waals surface area (Å²) in [5.74, 6) is -0.747. The van der Waals surface area contributed by atoms with E-state index >= 15 is 0 Å². The molecular weight excluding hydrogens is 339 g/mol. The van der Waals surface area contributed by atoms with Crippen molar-refractivity contribution >= 4 is 35.0 Å². The fourth-order valence-corrected chi connectivity index (χ4v) is 2.36. The molecule has 0 aliphatic heterocycles. The molecule has 0 aliphatic carbocycles. The summed E-state index contributed by atoms with van der Waals surface area (Å²) < 4.78 is 1.72. The van der Waals surface area contributed by atoms with E-state index in [-0.39, 0.29) is 29.1 Å². The van der Waals surface area contributed by atoms with Gasteiger partial charge in [0, 0.05) is 23.5 Å². The highest BCUT2D eigenvalue weighted by Crippen LogP contribution is 2.20. The fourth-order valence-electron chi connectivity index (χ4n) is 1.99. The number of halogens is 2. The molecule has 0 saturated heterocycles. The van der Waals surface area contributed by atoms with Crippen molar-refractivity contribution in [3.63, 3.8) is 0 Å². The van der Waals surface area contributed by atoms with E-state index < -0.39 is 5.91 Å². The van der Waals surface area contributed by atoms with E-state index in [4.69, 9.17) is 23.2 Å². The second kappa shape index (κ2) is 7.99. The van der Waals surface area contributed by atoms with Crippen molar-refractivity contribution in [3.05, 3.63) is 52.3 Å². The molecule has 122 valence electrons. The van der Waals surface area contributed by atoms with Gasteiger partial charge in [0.1, 0.15) is 0 Å². The van der Waals surface area contributed by atoms with Gasteiger partial charge in [0.05, 0.1) is 23.7 Å². The van der Waals surface area contributed by atoms with E-state index in [0.717, 1.165) is 0 Å². The summed E-state index contributed by atoms with van der Waals surface area (Å²) in [5, 5.41) is 10.0. The molecule has 0 radical (unpaired) electrons. The summed E-state index contributed by atoms with van der Waals surface area (Å²) in [6, 6.07) is 6.27. The van der Waals surface area contributed by atoms with Crippen LogP contribution < -0.4 is 10.6 Å². The van der Waals surface area contributed by atoms with Crippen LogP contribution in [0.2, 0.25) is 10.0 Å². The van der Waals surface area contributed by atoms with Crippen LogP contribution in [0.1, 0.15) is 17.3 Å². The van der Waals surface area contributed by atoms with Crippen molar-refractivity contribution < 1.29 is 9.59 Å². The molecule has 23 heavy (non-hydrogen) atoms. The van der Waals surface area contributed by atoms with Gasteiger partial charge in [-0.25, -0.2) is 0 Å². The van der Waals surface area contributed by atoms with E-state index in [1.165, 1.54) is 12.1 Å². The number of benzene rings is 1. The van der Waals surface area contributed by atoms with E-state index in [0.29, 0.717) is 11.6 Å². The van der Waals surface area contributed by atoms with Crippen LogP contribution in [0.5, 0.6) is 0 Å². The van der Waals surface area contributed by atoms with Crippen LogP contribution in [0.4, 0.5) is 0 Å². The quantitative estimate of drug-likeness (QED) is 0.834. The lowest BCUT2D eigenvalue weighted by Crippen LogP contribution is -2.42. The maximum Gasteiger partial charge on any atom is 0.253 e. The molecule has 0 saturated carbocycles. The van der Waals surface area contributed by atoms with E-state index in [2.05, 4.69) is 15.7 Å². The number of amides is 2. The number of rotatable bonds is 6. The van der Waals surface area contributed by atoms with Crippen molar-refractivity contribution in [2.45, 2.75) is 19.5 Å². The summed E-state index contributed by atoms with van der Waals surface area (Å²) >= 11 is 11.8. The zero-order valence-corrected chi connectivity index (χ0v) is 13.9. The summed E-state index contributed by atoms with van der Waals surface area (Å²) in [5.41, 5.74) is 0.233. The Kier molecular flexibility index (Phi) is 6.01. The van der Waals surface area contributed by atoms with Gasteiger partial charge in [-0.3, -0.25) is 14.3 Å². The summed E-state index contributed by atoms with van der Waals surface area (Å²) in [6.07, 6.45) is 3.48. The number of nitrogens with zero attached hydrogens (tertiary/aromatic N) is 2. The number of aromatic nitrogens is 2. The minimum Gasteiger partial charge on any atom is -0.350 e. The van der Waals surface area contributed by atoms with Gasteiger partial charge in [-0.1, -0.05) is 23.2 Å². The molecule has 1 aromatic carbocycles. The zero-order valence-electron chi connectivity index (χ0n) is 12.4. The Morgan fingerprint density at radius 3 is 2.83 bits per heavy atom. The number of carbonyl (C=O) groups excluding carboxylic acids is 2. The molecule has 1 aromatic heterocycles. The Morgan fingerprint density at radius 1 is 1.35 bits per heavy atom. The van der Waals surface area contributed by atoms with Crippen LogP contribution in [-0.4, -0.2) is 34.2 Å². The van der Waals surface area contributed by atoms with E-state index in [9.17, 15) is 9.59 Å². The molecule has 0 fully saturated rings. The van der Waals surface area contributed by atoms with Crippen molar-refractivity contribution in [3.8, 4) is 0 Å². The first-order chi connectivity index (χ1) is 11.0. The van der Waals surface area contributed by atoms with E-state index in [1.807, 2.05) is 19.2 Å². The van der Waals surface area contributed by atoms with Gasteiger partial charge in [-0.15, -0.1) is 0 Å². The molecule has 6 nitrogen and oxygen atoms in total. The Labute approximate surface area is 143 Å². The van der Waals surface area contributed by atoms with E-state index in [1.54, 1.807) is 16.9 Å². The average molecular weight is 355 g/mol. The molecular formula is C15H16Cl2N4O2. The molecule has 0 aliphatic rings. The van der Waals surface area contributed by atoms with Gasteiger partial charge in [-0.05, 0) is 31.2 Å². The third-order valence-corrected chi connectivity index (χ3v) is 3.57. The first-order valence-electron chi connectivity index (χ1n) is 6.95. The van der Waals surface area contributed by atoms with Crippen LogP contribution in [0.15, 0.2) is 36.7 Å². The molecule has 2 rings (SSSR count). The third-order valence-electron chi connectivity index (χ3n) is 3.01. The number of carbonyl (C=O) groups is 2. The highest BCUT2D eigenvalue weighted by molar-refractivity contribution is 6.35. The van der Waals surface area contributed by atoms with Crippen LogP contribution >= 0.6 is 23.2 Å². The number of hydrogen-bond acceptors (Lipinski definition) is 3. The van der Waals surface area contributed by atoms with Crippen LogP contribution in [0.3, 0.4) is 0 Å². The molecule has 1 unspecified atom stereocenters. The second-order valence-corrected chi connectivity index (χ2v) is 5.85. The lowest BCUT2D eigenvalue weighted by molar-refractivity contribution is -0.120. The second-order valence-electron chi connectivity index (χ2n) is 5.00. The van der Waals surface area contributed by atoms with Crippen LogP contribution in [0, 0.1) is 0 Å². The Morgan fingerprint density at radius 2 is 2.13 bits per heavy atom. The molecule has 8 heteroatoms. The largest absolute Gasteiger partial charge is 0.350 e. The molecule has 1 heterocycles. The Hall–Kier alpha value is -2.05. The summed E-state index contributed by atoms with van der Waals surface area (Å²) in [4.78, 5) is 23.9. The van der Waals surface area contributed by atoms with Gasteiger partial charge in [0.25, 0.3) is 5.91 Å². The van der Waals surface area contributed by atoms with Crippen molar-refractivity contribution in [1.29, 1.82) is 0 Å². The SMILES string of the molecule is CC(Cn1cccn1)NC(=O)CNC(=O)c1cc(Cl)ccc1Cl. The maximum atomic E-state index is 12.0. The standard InChI is InChI=1S/C15H16Cl2N4O2/c1-10(9-21-6-2-5-19-21)20-14(22)8-18-15(23)12-7-11(16)3-4-13(12)17/h2-7,10H,8-9H2,1H3,(H,18,23)(H,20,22). The smallest absolute Gasteiger partial charge is 0.253 e. The zero-order chi connectivity index (χ0) is 16.8. The van der Waals surface area contributed by atoms with Gasteiger partial charge in [0.2, 0.25) is 5.91 Å². The topological polar surface area (TPSA) is 76.0 Å². The predicted octanol–water partition coefficient (Wildman–Crippen LogP) is 2.12. The number of hydrogen-bond donors (Lipinski definition) is 2. The average Bonchev–Trinajstić information content (AvgIpc) is 3.00. The van der Waals surface area contributed by atoms with Gasteiger partial charge < -0.3 is 10.6 Å². The van der Waals surface area contributed by atoms with Crippen molar-refractivity contribution in [2.75, 3.05) is 6.54 Å². The van der Waals surface area contributed by atoms with Gasteiger partial charge in [-0.2, -0.15) is 5.10 Å². The highest BCUT2D eigenvalue weighted by atomic mass is 35.5. The van der Waals surface area contributed by atoms with Crippen molar-refractivity contribution in [2.24, 2.45) is 0 Å². The first-order valence-corrected chi connectivity index (χ1v) is 7.71. The minimum atomic E-state index is -0.452.